The maximum atomic E-state index is 11.9. The molecule has 1 unspecified atom stereocenters. The van der Waals surface area contributed by atoms with Crippen LogP contribution in [0.5, 0.6) is 0 Å². The molecule has 1 aromatic rings. The van der Waals surface area contributed by atoms with Crippen LogP contribution in [0.25, 0.3) is 0 Å². The van der Waals surface area contributed by atoms with Gasteiger partial charge >= 0.3 is 0 Å². The van der Waals surface area contributed by atoms with Gasteiger partial charge < -0.3 is 5.11 Å². The minimum atomic E-state index is -3.40. The zero-order chi connectivity index (χ0) is 15.3. The molecule has 0 aliphatic carbocycles. The van der Waals surface area contributed by atoms with Crippen LogP contribution in [-0.4, -0.2) is 49.4 Å². The summed E-state index contributed by atoms with van der Waals surface area (Å²) < 4.78 is 26.6. The van der Waals surface area contributed by atoms with E-state index in [9.17, 15) is 8.42 Å². The van der Waals surface area contributed by atoms with Gasteiger partial charge in [0.2, 0.25) is 10.0 Å². The van der Waals surface area contributed by atoms with Crippen molar-refractivity contribution in [2.75, 3.05) is 19.7 Å². The highest BCUT2D eigenvalue weighted by atomic mass is 32.2. The highest BCUT2D eigenvalue weighted by Gasteiger charge is 2.26. The van der Waals surface area contributed by atoms with Crippen LogP contribution in [0.3, 0.4) is 0 Å². The fourth-order valence-electron chi connectivity index (χ4n) is 2.50. The molecule has 21 heavy (non-hydrogen) atoms. The molecule has 0 bridgehead atoms. The van der Waals surface area contributed by atoms with Gasteiger partial charge in [-0.1, -0.05) is 30.3 Å². The Balaban J connectivity index is 1.81. The third-order valence-corrected chi connectivity index (χ3v) is 5.82. The number of hydrogen-bond acceptors (Lipinski definition) is 4. The lowest BCUT2D eigenvalue weighted by Gasteiger charge is -2.32. The quantitative estimate of drug-likeness (QED) is 0.820. The number of nitrogens with one attached hydrogen (secondary N) is 1. The van der Waals surface area contributed by atoms with Crippen molar-refractivity contribution >= 4 is 10.0 Å². The molecule has 0 radical (unpaired) electrons. The smallest absolute Gasteiger partial charge is 0.216 e. The number of sulfonamides is 1. The van der Waals surface area contributed by atoms with E-state index in [1.165, 1.54) is 12.5 Å². The van der Waals surface area contributed by atoms with Crippen LogP contribution in [0.4, 0.5) is 0 Å². The summed E-state index contributed by atoms with van der Waals surface area (Å²) in [6.07, 6.45) is 1.62. The van der Waals surface area contributed by atoms with Gasteiger partial charge in [-0.3, -0.25) is 4.90 Å². The molecule has 0 amide bonds. The predicted octanol–water partition coefficient (Wildman–Crippen LogP) is 0.951. The number of aliphatic hydroxyl groups is 1. The largest absolute Gasteiger partial charge is 0.395 e. The van der Waals surface area contributed by atoms with Crippen LogP contribution in [-0.2, 0) is 16.6 Å². The first-order valence-electron chi connectivity index (χ1n) is 7.39. The number of hydrogen-bond donors (Lipinski definition) is 2. The molecule has 2 N–H and O–H groups in total. The van der Waals surface area contributed by atoms with Gasteiger partial charge in [0.25, 0.3) is 0 Å². The van der Waals surface area contributed by atoms with E-state index < -0.39 is 15.3 Å². The minimum absolute atomic E-state index is 0.0176. The Morgan fingerprint density at radius 3 is 2.48 bits per heavy atom. The monoisotopic (exact) mass is 312 g/mol. The first-order valence-corrected chi connectivity index (χ1v) is 8.94. The van der Waals surface area contributed by atoms with Gasteiger partial charge in [-0.05, 0) is 25.3 Å². The summed E-state index contributed by atoms with van der Waals surface area (Å²) in [6.45, 7) is 3.85. The van der Waals surface area contributed by atoms with Crippen molar-refractivity contribution < 1.29 is 13.5 Å². The van der Waals surface area contributed by atoms with E-state index in [1.807, 2.05) is 18.2 Å². The van der Waals surface area contributed by atoms with Gasteiger partial charge in [-0.2, -0.15) is 0 Å². The van der Waals surface area contributed by atoms with E-state index in [0.29, 0.717) is 0 Å². The second kappa shape index (κ2) is 7.35. The van der Waals surface area contributed by atoms with Gasteiger partial charge in [0.15, 0.2) is 0 Å². The Hall–Kier alpha value is -0.950. The lowest BCUT2D eigenvalue weighted by Crippen LogP contribution is -2.47. The highest BCUT2D eigenvalue weighted by molar-refractivity contribution is 7.90. The van der Waals surface area contributed by atoms with E-state index in [-0.39, 0.29) is 12.6 Å². The lowest BCUT2D eigenvalue weighted by atomic mass is 10.1. The van der Waals surface area contributed by atoms with Crippen LogP contribution in [0.1, 0.15) is 25.3 Å². The van der Waals surface area contributed by atoms with Crippen molar-refractivity contribution in [1.29, 1.82) is 0 Å². The molecule has 118 valence electrons. The van der Waals surface area contributed by atoms with Gasteiger partial charge in [-0.25, -0.2) is 13.1 Å². The van der Waals surface area contributed by atoms with Gasteiger partial charge in [0.05, 0.1) is 11.9 Å². The maximum Gasteiger partial charge on any atom is 0.216 e. The lowest BCUT2D eigenvalue weighted by molar-refractivity contribution is 0.199. The van der Waals surface area contributed by atoms with E-state index in [0.717, 1.165) is 32.5 Å². The number of nitrogens with zero attached hydrogens (tertiary/aromatic N) is 1. The standard InChI is InChI=1S/C15H24N2O3S/c1-13(12-18)21(19,20)16-15-7-9-17(10-8-15)11-14-5-3-2-4-6-14/h2-6,13,15-16,18H,7-12H2,1H3. The number of aliphatic hydroxyl groups excluding tert-OH is 1. The molecule has 1 saturated heterocycles. The second-order valence-electron chi connectivity index (χ2n) is 5.69. The molecule has 1 fully saturated rings. The summed E-state index contributed by atoms with van der Waals surface area (Å²) in [4.78, 5) is 2.34. The molecule has 0 aromatic heterocycles. The zero-order valence-corrected chi connectivity index (χ0v) is 13.2. The summed E-state index contributed by atoms with van der Waals surface area (Å²) in [7, 11) is -3.40. The first-order chi connectivity index (χ1) is 10.0. The fraction of sp³-hybridized carbons (Fsp3) is 0.600. The Bertz CT molecular complexity index is 525. The predicted molar refractivity (Wildman–Crippen MR) is 83.3 cm³/mol. The van der Waals surface area contributed by atoms with Crippen LogP contribution in [0.15, 0.2) is 30.3 Å². The summed E-state index contributed by atoms with van der Waals surface area (Å²) >= 11 is 0. The molecular weight excluding hydrogens is 288 g/mol. The number of rotatable bonds is 6. The van der Waals surface area contributed by atoms with Crippen molar-refractivity contribution in [3.63, 3.8) is 0 Å². The third-order valence-electron chi connectivity index (χ3n) is 3.95. The Morgan fingerprint density at radius 1 is 1.29 bits per heavy atom. The van der Waals surface area contributed by atoms with Crippen LogP contribution < -0.4 is 4.72 Å². The van der Waals surface area contributed by atoms with Crippen LogP contribution in [0, 0.1) is 0 Å². The summed E-state index contributed by atoms with van der Waals surface area (Å²) in [5.41, 5.74) is 1.28. The first kappa shape index (κ1) is 16.4. The van der Waals surface area contributed by atoms with Crippen molar-refractivity contribution in [2.24, 2.45) is 0 Å². The Kier molecular flexibility index (Phi) is 5.75. The fourth-order valence-corrected chi connectivity index (χ4v) is 3.63. The molecule has 0 spiro atoms. The molecule has 1 heterocycles. The van der Waals surface area contributed by atoms with Gasteiger partial charge in [0.1, 0.15) is 0 Å². The maximum absolute atomic E-state index is 11.9. The summed E-state index contributed by atoms with van der Waals surface area (Å²) in [6, 6.07) is 10.3. The summed E-state index contributed by atoms with van der Waals surface area (Å²) in [5.74, 6) is 0. The van der Waals surface area contributed by atoms with Crippen LogP contribution >= 0.6 is 0 Å². The van der Waals surface area contributed by atoms with Gasteiger partial charge in [-0.15, -0.1) is 0 Å². The molecule has 1 aromatic carbocycles. The third kappa shape index (κ3) is 4.78. The highest BCUT2D eigenvalue weighted by Crippen LogP contribution is 2.15. The normalized spacial score (nSPS) is 19.5. The van der Waals surface area contributed by atoms with Gasteiger partial charge in [0, 0.05) is 25.7 Å². The molecule has 1 aliphatic heterocycles. The number of likely N-dealkylation sites (tertiary alicyclic amines) is 1. The van der Waals surface area contributed by atoms with Crippen molar-refractivity contribution in [3.05, 3.63) is 35.9 Å². The SMILES string of the molecule is CC(CO)S(=O)(=O)NC1CCN(Cc2ccccc2)CC1. The minimum Gasteiger partial charge on any atom is -0.395 e. The van der Waals surface area contributed by atoms with Crippen molar-refractivity contribution in [2.45, 2.75) is 37.6 Å². The van der Waals surface area contributed by atoms with Crippen molar-refractivity contribution in [1.82, 2.24) is 9.62 Å². The average Bonchev–Trinajstić information content (AvgIpc) is 2.49. The average molecular weight is 312 g/mol. The van der Waals surface area contributed by atoms with E-state index >= 15 is 0 Å². The Morgan fingerprint density at radius 2 is 1.90 bits per heavy atom. The number of benzene rings is 1. The summed E-state index contributed by atoms with van der Waals surface area (Å²) in [5, 5.41) is 8.23. The molecule has 5 nitrogen and oxygen atoms in total. The topological polar surface area (TPSA) is 69.6 Å². The molecule has 2 rings (SSSR count). The zero-order valence-electron chi connectivity index (χ0n) is 12.4. The molecule has 0 saturated carbocycles. The van der Waals surface area contributed by atoms with E-state index in [4.69, 9.17) is 5.11 Å². The van der Waals surface area contributed by atoms with Crippen molar-refractivity contribution in [3.8, 4) is 0 Å². The second-order valence-corrected chi connectivity index (χ2v) is 7.82. The Labute approximate surface area is 127 Å². The molecule has 6 heteroatoms. The van der Waals surface area contributed by atoms with E-state index in [2.05, 4.69) is 21.8 Å². The van der Waals surface area contributed by atoms with Crippen LogP contribution in [0.2, 0.25) is 0 Å². The molecule has 1 atom stereocenters. The van der Waals surface area contributed by atoms with E-state index in [1.54, 1.807) is 0 Å². The number of piperidine rings is 1. The molecule has 1 aliphatic rings. The molecular formula is C15H24N2O3S.